The fourth-order valence-corrected chi connectivity index (χ4v) is 2.03. The zero-order valence-corrected chi connectivity index (χ0v) is 13.5. The minimum absolute atomic E-state index is 0.125. The van der Waals surface area contributed by atoms with Crippen molar-refractivity contribution in [1.29, 1.82) is 0 Å². The molecule has 1 heterocycles. The van der Waals surface area contributed by atoms with E-state index in [0.29, 0.717) is 16.8 Å². The van der Waals surface area contributed by atoms with Crippen molar-refractivity contribution in [3.8, 4) is 0 Å². The molecule has 0 saturated heterocycles. The topological polar surface area (TPSA) is 118 Å². The van der Waals surface area contributed by atoms with Crippen LogP contribution in [0.2, 0.25) is 0 Å². The third-order valence-corrected chi connectivity index (χ3v) is 3.40. The summed E-state index contributed by atoms with van der Waals surface area (Å²) in [5.74, 6) is -2.16. The molecule has 0 unspecified atom stereocenters. The van der Waals surface area contributed by atoms with E-state index in [2.05, 4.69) is 15.4 Å². The molecule has 0 bridgehead atoms. The first-order valence-corrected chi connectivity index (χ1v) is 7.49. The van der Waals surface area contributed by atoms with E-state index in [1.54, 1.807) is 6.07 Å². The summed E-state index contributed by atoms with van der Waals surface area (Å²) in [7, 11) is 1.27. The van der Waals surface area contributed by atoms with Gasteiger partial charge in [-0.15, -0.1) is 0 Å². The Morgan fingerprint density at radius 3 is 2.48 bits per heavy atom. The molecule has 0 spiro atoms. The molecule has 0 radical (unpaired) electrons. The molecule has 0 saturated carbocycles. The van der Waals surface area contributed by atoms with Crippen molar-refractivity contribution in [2.24, 2.45) is 0 Å². The Balaban J connectivity index is 1.78. The molecule has 132 valence electrons. The van der Waals surface area contributed by atoms with E-state index < -0.39 is 23.9 Å². The highest BCUT2D eigenvalue weighted by atomic mass is 16.5. The summed E-state index contributed by atoms with van der Waals surface area (Å²) in [5, 5.41) is 14.7. The first kappa shape index (κ1) is 18.2. The zero-order chi connectivity index (χ0) is 18.2. The number of amides is 2. The highest BCUT2D eigenvalue weighted by Crippen LogP contribution is 2.15. The molecule has 8 heteroatoms. The predicted octanol–water partition coefficient (Wildman–Crippen LogP) is 1.24. The molecule has 1 aromatic carbocycles. The van der Waals surface area contributed by atoms with Gasteiger partial charge >= 0.3 is 17.8 Å². The van der Waals surface area contributed by atoms with Crippen LogP contribution < -0.4 is 10.6 Å². The summed E-state index contributed by atoms with van der Waals surface area (Å²) in [6.07, 6.45) is 2.31. The molecule has 0 fully saturated rings. The van der Waals surface area contributed by atoms with Crippen molar-refractivity contribution in [2.75, 3.05) is 19.0 Å². The molecule has 0 aliphatic rings. The van der Waals surface area contributed by atoms with Crippen molar-refractivity contribution < 1.29 is 28.6 Å². The fourth-order valence-electron chi connectivity index (χ4n) is 2.03. The van der Waals surface area contributed by atoms with Gasteiger partial charge in [-0.05, 0) is 36.8 Å². The molecule has 1 atom stereocenters. The quantitative estimate of drug-likeness (QED) is 0.535. The van der Waals surface area contributed by atoms with E-state index in [1.165, 1.54) is 43.9 Å². The van der Waals surface area contributed by atoms with Crippen molar-refractivity contribution in [1.82, 2.24) is 5.32 Å². The van der Waals surface area contributed by atoms with Crippen LogP contribution in [0.4, 0.5) is 5.69 Å². The smallest absolute Gasteiger partial charge is 0.337 e. The number of anilines is 1. The monoisotopic (exact) mass is 346 g/mol. The first-order chi connectivity index (χ1) is 12.0. The van der Waals surface area contributed by atoms with Gasteiger partial charge in [-0.3, -0.25) is 9.59 Å². The summed E-state index contributed by atoms with van der Waals surface area (Å²) in [4.78, 5) is 34.9. The number of furan rings is 1. The highest BCUT2D eigenvalue weighted by Gasteiger charge is 2.15. The molecule has 8 nitrogen and oxygen atoms in total. The summed E-state index contributed by atoms with van der Waals surface area (Å²) >= 11 is 0. The van der Waals surface area contributed by atoms with Crippen molar-refractivity contribution in [3.63, 3.8) is 0 Å². The number of hydrogen-bond acceptors (Lipinski definition) is 6. The number of ether oxygens (including phenoxy) is 1. The summed E-state index contributed by atoms with van der Waals surface area (Å²) in [6.45, 7) is 0.125. The lowest BCUT2D eigenvalue weighted by Crippen LogP contribution is -2.36. The van der Waals surface area contributed by atoms with Crippen LogP contribution in [0, 0.1) is 0 Å². The first-order valence-electron chi connectivity index (χ1n) is 7.49. The van der Waals surface area contributed by atoms with Crippen molar-refractivity contribution in [3.05, 3.63) is 54.0 Å². The lowest BCUT2D eigenvalue weighted by Gasteiger charge is -2.10. The van der Waals surface area contributed by atoms with Gasteiger partial charge < -0.3 is 24.9 Å². The number of nitrogens with one attached hydrogen (secondary N) is 2. The summed E-state index contributed by atoms with van der Waals surface area (Å²) in [6, 6.07) is 7.54. The Labute approximate surface area is 143 Å². The largest absolute Gasteiger partial charge is 0.472 e. The van der Waals surface area contributed by atoms with Crippen LogP contribution in [-0.2, 0) is 14.3 Å². The lowest BCUT2D eigenvalue weighted by molar-refractivity contribution is -0.136. The van der Waals surface area contributed by atoms with Crippen LogP contribution in [-0.4, -0.2) is 36.5 Å². The van der Waals surface area contributed by atoms with E-state index in [1.807, 2.05) is 0 Å². The number of aliphatic hydroxyl groups excluding tert-OH is 1. The van der Waals surface area contributed by atoms with Gasteiger partial charge in [0.25, 0.3) is 0 Å². The second kappa shape index (κ2) is 8.65. The lowest BCUT2D eigenvalue weighted by atomic mass is 10.1. The predicted molar refractivity (Wildman–Crippen MR) is 87.7 cm³/mol. The maximum absolute atomic E-state index is 11.8. The molecule has 25 heavy (non-hydrogen) atoms. The minimum atomic E-state index is -0.844. The summed E-state index contributed by atoms with van der Waals surface area (Å²) in [5.41, 5.74) is 1.30. The van der Waals surface area contributed by atoms with E-state index in [0.717, 1.165) is 0 Å². The summed E-state index contributed by atoms with van der Waals surface area (Å²) < 4.78 is 9.43. The molecule has 2 rings (SSSR count). The van der Waals surface area contributed by atoms with Crippen LogP contribution in [0.25, 0.3) is 0 Å². The Kier molecular flexibility index (Phi) is 6.30. The van der Waals surface area contributed by atoms with Crippen molar-refractivity contribution in [2.45, 2.75) is 12.5 Å². The van der Waals surface area contributed by atoms with Gasteiger partial charge in [0.15, 0.2) is 0 Å². The van der Waals surface area contributed by atoms with Crippen LogP contribution in [0.1, 0.15) is 28.4 Å². The van der Waals surface area contributed by atoms with E-state index >= 15 is 0 Å². The van der Waals surface area contributed by atoms with E-state index in [9.17, 15) is 19.5 Å². The van der Waals surface area contributed by atoms with Gasteiger partial charge in [0.1, 0.15) is 0 Å². The fraction of sp³-hybridized carbons (Fsp3) is 0.235. The number of hydrogen-bond donors (Lipinski definition) is 3. The standard InChI is InChI=1S/C17H18N2O6/c1-24-17(23)11-2-4-13(5-3-11)19-16(22)15(21)18-8-6-14(20)12-7-9-25-10-12/h2-5,7,9-10,14,20H,6,8H2,1H3,(H,18,21)(H,19,22)/t14-/m1/s1. The molecule has 1 aromatic heterocycles. The number of carbonyl (C=O) groups excluding carboxylic acids is 3. The second-order valence-electron chi connectivity index (χ2n) is 5.14. The van der Waals surface area contributed by atoms with Crippen LogP contribution >= 0.6 is 0 Å². The van der Waals surface area contributed by atoms with Crippen molar-refractivity contribution >= 4 is 23.5 Å². The number of esters is 1. The molecule has 0 aliphatic heterocycles. The van der Waals surface area contributed by atoms with Gasteiger partial charge in [-0.1, -0.05) is 0 Å². The van der Waals surface area contributed by atoms with Gasteiger partial charge in [-0.25, -0.2) is 4.79 Å². The normalized spacial score (nSPS) is 11.4. The highest BCUT2D eigenvalue weighted by molar-refractivity contribution is 6.39. The average Bonchev–Trinajstić information content (AvgIpc) is 3.16. The van der Waals surface area contributed by atoms with E-state index in [4.69, 9.17) is 4.42 Å². The Morgan fingerprint density at radius 1 is 1.16 bits per heavy atom. The second-order valence-corrected chi connectivity index (χ2v) is 5.14. The van der Waals surface area contributed by atoms with Gasteiger partial charge in [0.2, 0.25) is 0 Å². The average molecular weight is 346 g/mol. The van der Waals surface area contributed by atoms with E-state index in [-0.39, 0.29) is 13.0 Å². The maximum atomic E-state index is 11.8. The molecule has 2 amide bonds. The molecule has 0 aliphatic carbocycles. The maximum Gasteiger partial charge on any atom is 0.337 e. The molecular formula is C17H18N2O6. The number of methoxy groups -OCH3 is 1. The Hall–Kier alpha value is -3.13. The number of aliphatic hydroxyl groups is 1. The van der Waals surface area contributed by atoms with Crippen LogP contribution in [0.5, 0.6) is 0 Å². The molecular weight excluding hydrogens is 328 g/mol. The molecule has 3 N–H and O–H groups in total. The Bertz CT molecular complexity index is 724. The SMILES string of the molecule is COC(=O)c1ccc(NC(=O)C(=O)NCC[C@@H](O)c2ccoc2)cc1. The Morgan fingerprint density at radius 2 is 1.88 bits per heavy atom. The van der Waals surface area contributed by atoms with Crippen LogP contribution in [0.3, 0.4) is 0 Å². The van der Waals surface area contributed by atoms with Gasteiger partial charge in [0.05, 0.1) is 31.3 Å². The minimum Gasteiger partial charge on any atom is -0.472 e. The zero-order valence-electron chi connectivity index (χ0n) is 13.5. The molecule has 2 aromatic rings. The third kappa shape index (κ3) is 5.18. The van der Waals surface area contributed by atoms with Gasteiger partial charge in [-0.2, -0.15) is 0 Å². The number of benzene rings is 1. The number of carbonyl (C=O) groups is 3. The van der Waals surface area contributed by atoms with Crippen LogP contribution in [0.15, 0.2) is 47.3 Å². The van der Waals surface area contributed by atoms with Gasteiger partial charge in [0, 0.05) is 17.8 Å². The third-order valence-electron chi connectivity index (χ3n) is 3.40. The number of rotatable bonds is 6.